The van der Waals surface area contributed by atoms with Crippen molar-refractivity contribution in [1.29, 1.82) is 0 Å². The standard InChI is InChI=1S/C35H35F2N5O3/c1-23(2)42(35(45)38-19-25-12-16-29(37)17-13-25)40-22-33(43)41-31(18-24-10-14-28(36)15-11-24)34(44)39(21-32(40)41)20-27-8-5-7-26-6-3-4-9-30(26)27/h3-17,23,31-32H,18-22H2,1-2H3,(H,38,45)/t31-,32+/m0/s1. The molecule has 4 aromatic rings. The van der Waals surface area contributed by atoms with Gasteiger partial charge in [-0.05, 0) is 65.6 Å². The molecule has 0 saturated carbocycles. The van der Waals surface area contributed by atoms with Crippen LogP contribution in [0.25, 0.3) is 10.8 Å². The molecule has 0 unspecified atom stereocenters. The summed E-state index contributed by atoms with van der Waals surface area (Å²) in [6.07, 6.45) is -0.394. The van der Waals surface area contributed by atoms with Gasteiger partial charge in [0.15, 0.2) is 0 Å². The molecule has 0 aromatic heterocycles. The van der Waals surface area contributed by atoms with E-state index < -0.39 is 18.2 Å². The van der Waals surface area contributed by atoms with Crippen molar-refractivity contribution in [3.8, 4) is 0 Å². The predicted molar refractivity (Wildman–Crippen MR) is 166 cm³/mol. The van der Waals surface area contributed by atoms with Gasteiger partial charge in [0.1, 0.15) is 23.8 Å². The molecule has 0 aliphatic carbocycles. The summed E-state index contributed by atoms with van der Waals surface area (Å²) in [7, 11) is 0. The summed E-state index contributed by atoms with van der Waals surface area (Å²) < 4.78 is 27.1. The number of hydrogen-bond donors (Lipinski definition) is 1. The fourth-order valence-corrected chi connectivity index (χ4v) is 6.35. The van der Waals surface area contributed by atoms with Crippen LogP contribution >= 0.6 is 0 Å². The second-order valence-electron chi connectivity index (χ2n) is 11.8. The van der Waals surface area contributed by atoms with Crippen LogP contribution in [0, 0.1) is 11.6 Å². The molecule has 4 amide bonds. The maximum atomic E-state index is 14.2. The fraction of sp³-hybridized carbons (Fsp3) is 0.286. The minimum absolute atomic E-state index is 0.0812. The van der Waals surface area contributed by atoms with E-state index >= 15 is 0 Å². The average Bonchev–Trinajstić information content (AvgIpc) is 3.34. The molecule has 2 heterocycles. The molecular formula is C35H35F2N5O3. The second kappa shape index (κ2) is 12.6. The Morgan fingerprint density at radius 1 is 0.889 bits per heavy atom. The van der Waals surface area contributed by atoms with Crippen molar-refractivity contribution in [2.45, 2.75) is 51.6 Å². The van der Waals surface area contributed by atoms with Gasteiger partial charge in [-0.25, -0.2) is 13.6 Å². The van der Waals surface area contributed by atoms with E-state index in [2.05, 4.69) is 5.32 Å². The number of hydrogen-bond acceptors (Lipinski definition) is 4. The summed E-state index contributed by atoms with van der Waals surface area (Å²) in [5.74, 6) is -1.20. The van der Waals surface area contributed by atoms with Crippen LogP contribution in [0.5, 0.6) is 0 Å². The third-order valence-electron chi connectivity index (χ3n) is 8.48. The van der Waals surface area contributed by atoms with Gasteiger partial charge >= 0.3 is 6.03 Å². The highest BCUT2D eigenvalue weighted by molar-refractivity contribution is 5.92. The number of nitrogens with zero attached hydrogens (tertiary/aromatic N) is 4. The number of urea groups is 1. The lowest BCUT2D eigenvalue weighted by molar-refractivity contribution is -0.158. The Morgan fingerprint density at radius 3 is 2.22 bits per heavy atom. The first-order valence-corrected chi connectivity index (χ1v) is 15.1. The summed E-state index contributed by atoms with van der Waals surface area (Å²) in [6, 6.07) is 24.3. The van der Waals surface area contributed by atoms with Crippen molar-refractivity contribution in [1.82, 2.24) is 25.1 Å². The van der Waals surface area contributed by atoms with Crippen LogP contribution < -0.4 is 5.32 Å². The minimum Gasteiger partial charge on any atom is -0.333 e. The van der Waals surface area contributed by atoms with Gasteiger partial charge in [-0.2, -0.15) is 5.01 Å². The number of nitrogens with one attached hydrogen (secondary N) is 1. The van der Waals surface area contributed by atoms with Crippen molar-refractivity contribution >= 4 is 28.6 Å². The fourth-order valence-electron chi connectivity index (χ4n) is 6.35. The van der Waals surface area contributed by atoms with Crippen LogP contribution in [0.15, 0.2) is 91.0 Å². The minimum atomic E-state index is -0.835. The topological polar surface area (TPSA) is 76.2 Å². The van der Waals surface area contributed by atoms with E-state index in [4.69, 9.17) is 0 Å². The van der Waals surface area contributed by atoms with Gasteiger partial charge < -0.3 is 15.1 Å². The first-order valence-electron chi connectivity index (χ1n) is 15.1. The number of piperazine rings is 1. The van der Waals surface area contributed by atoms with E-state index in [1.165, 1.54) is 29.3 Å². The molecule has 2 fully saturated rings. The smallest absolute Gasteiger partial charge is 0.332 e. The molecule has 2 saturated heterocycles. The van der Waals surface area contributed by atoms with Gasteiger partial charge in [0.05, 0.1) is 13.1 Å². The van der Waals surface area contributed by atoms with Crippen LogP contribution in [0.2, 0.25) is 0 Å². The molecule has 8 nitrogen and oxygen atoms in total. The number of hydrazine groups is 1. The van der Waals surface area contributed by atoms with E-state index in [9.17, 15) is 23.2 Å². The number of fused-ring (bicyclic) bond motifs is 2. The van der Waals surface area contributed by atoms with Gasteiger partial charge in [0, 0.05) is 25.6 Å². The highest BCUT2D eigenvalue weighted by Crippen LogP contribution is 2.32. The molecule has 0 spiro atoms. The Morgan fingerprint density at radius 2 is 1.53 bits per heavy atom. The summed E-state index contributed by atoms with van der Waals surface area (Å²) in [5.41, 5.74) is 2.44. The molecule has 2 aliphatic heterocycles. The second-order valence-corrected chi connectivity index (χ2v) is 11.8. The lowest BCUT2D eigenvalue weighted by atomic mass is 9.99. The number of halogens is 2. The van der Waals surface area contributed by atoms with Crippen LogP contribution in [0.4, 0.5) is 13.6 Å². The molecule has 6 rings (SSSR count). The SMILES string of the molecule is CC(C)N(C(=O)NCc1ccc(F)cc1)N1CC(=O)N2[C@@H](Cc3ccc(F)cc3)C(=O)N(Cc3cccc4ccccc34)C[C@@H]21. The molecule has 1 N–H and O–H groups in total. The zero-order valence-electron chi connectivity index (χ0n) is 25.2. The van der Waals surface area contributed by atoms with Crippen molar-refractivity contribution in [3.63, 3.8) is 0 Å². The van der Waals surface area contributed by atoms with Gasteiger partial charge in [0.2, 0.25) is 11.8 Å². The first-order chi connectivity index (χ1) is 21.7. The summed E-state index contributed by atoms with van der Waals surface area (Å²) in [4.78, 5) is 44.8. The Balaban J connectivity index is 1.31. The maximum Gasteiger partial charge on any atom is 0.332 e. The van der Waals surface area contributed by atoms with E-state index in [-0.39, 0.29) is 55.5 Å². The highest BCUT2D eigenvalue weighted by Gasteiger charge is 2.52. The van der Waals surface area contributed by atoms with Gasteiger partial charge in [-0.15, -0.1) is 0 Å². The Bertz CT molecular complexity index is 1710. The Labute approximate surface area is 260 Å². The summed E-state index contributed by atoms with van der Waals surface area (Å²) in [6.45, 7) is 4.34. The van der Waals surface area contributed by atoms with Crippen molar-refractivity contribution in [2.24, 2.45) is 0 Å². The summed E-state index contributed by atoms with van der Waals surface area (Å²) in [5, 5.41) is 8.27. The lowest BCUT2D eigenvalue weighted by Gasteiger charge is -2.47. The van der Waals surface area contributed by atoms with Crippen molar-refractivity contribution in [2.75, 3.05) is 13.1 Å². The number of amides is 4. The number of rotatable bonds is 8. The third kappa shape index (κ3) is 6.23. The molecule has 45 heavy (non-hydrogen) atoms. The zero-order valence-corrected chi connectivity index (χ0v) is 25.2. The summed E-state index contributed by atoms with van der Waals surface area (Å²) >= 11 is 0. The predicted octanol–water partition coefficient (Wildman–Crippen LogP) is 5.08. The van der Waals surface area contributed by atoms with Crippen molar-refractivity contribution in [3.05, 3.63) is 119 Å². The van der Waals surface area contributed by atoms with E-state index in [0.717, 1.165) is 27.5 Å². The number of benzene rings is 4. The van der Waals surface area contributed by atoms with Crippen LogP contribution in [0.1, 0.15) is 30.5 Å². The monoisotopic (exact) mass is 611 g/mol. The van der Waals surface area contributed by atoms with Crippen LogP contribution in [-0.2, 0) is 29.1 Å². The van der Waals surface area contributed by atoms with Gasteiger partial charge in [-0.1, -0.05) is 66.7 Å². The van der Waals surface area contributed by atoms with Crippen LogP contribution in [0.3, 0.4) is 0 Å². The average molecular weight is 612 g/mol. The molecule has 0 bridgehead atoms. The van der Waals surface area contributed by atoms with Crippen LogP contribution in [-0.4, -0.2) is 69.0 Å². The Kier molecular flexibility index (Phi) is 8.49. The van der Waals surface area contributed by atoms with E-state index in [0.29, 0.717) is 6.54 Å². The van der Waals surface area contributed by atoms with E-state index in [1.54, 1.807) is 39.1 Å². The number of carbonyl (C=O) groups excluding carboxylic acids is 3. The van der Waals surface area contributed by atoms with E-state index in [1.807, 2.05) is 56.3 Å². The quantitative estimate of drug-likeness (QED) is 0.302. The first kappa shape index (κ1) is 30.2. The Hall–Kier alpha value is -4.83. The highest BCUT2D eigenvalue weighted by atomic mass is 19.1. The maximum absolute atomic E-state index is 14.2. The van der Waals surface area contributed by atoms with Gasteiger partial charge in [-0.3, -0.25) is 14.6 Å². The molecule has 4 aromatic carbocycles. The third-order valence-corrected chi connectivity index (χ3v) is 8.48. The molecule has 232 valence electrons. The molecule has 10 heteroatoms. The number of carbonyl (C=O) groups is 3. The zero-order chi connectivity index (χ0) is 31.7. The molecule has 2 atom stereocenters. The van der Waals surface area contributed by atoms with Gasteiger partial charge in [0.25, 0.3) is 0 Å². The normalized spacial score (nSPS) is 18.5. The molecule has 2 aliphatic rings. The lowest BCUT2D eigenvalue weighted by Crippen LogP contribution is -2.66. The largest absolute Gasteiger partial charge is 0.333 e. The molecule has 0 radical (unpaired) electrons. The molecular weight excluding hydrogens is 576 g/mol. The van der Waals surface area contributed by atoms with Crippen molar-refractivity contribution < 1.29 is 23.2 Å².